The summed E-state index contributed by atoms with van der Waals surface area (Å²) in [5, 5.41) is 3.60. The summed E-state index contributed by atoms with van der Waals surface area (Å²) in [4.78, 5) is 0. The van der Waals surface area contributed by atoms with Crippen LogP contribution in [0.15, 0.2) is 12.7 Å². The number of rotatable bonds is 10. The van der Waals surface area contributed by atoms with Gasteiger partial charge in [0.05, 0.1) is 0 Å². The molecule has 0 aliphatic rings. The Balaban J connectivity index is 3.44. The van der Waals surface area contributed by atoms with Gasteiger partial charge in [-0.25, -0.2) is 0 Å². The van der Waals surface area contributed by atoms with Gasteiger partial charge in [-0.05, 0) is 50.1 Å². The van der Waals surface area contributed by atoms with Crippen LogP contribution in [0.1, 0.15) is 53.4 Å². The highest BCUT2D eigenvalue weighted by molar-refractivity contribution is 4.69. The molecule has 96 valence electrons. The first kappa shape index (κ1) is 15.7. The minimum atomic E-state index is 0.785. The fraction of sp³-hybridized carbons (Fsp3) is 0.867. The molecule has 0 atom stereocenters. The lowest BCUT2D eigenvalue weighted by molar-refractivity contribution is 0.275. The van der Waals surface area contributed by atoms with E-state index in [4.69, 9.17) is 0 Å². The highest BCUT2D eigenvalue weighted by Gasteiger charge is 2.16. The molecule has 0 radical (unpaired) electrons. The van der Waals surface area contributed by atoms with Crippen LogP contribution < -0.4 is 5.32 Å². The van der Waals surface area contributed by atoms with Crippen LogP contribution in [0.25, 0.3) is 0 Å². The Morgan fingerprint density at radius 1 is 1.00 bits per heavy atom. The number of hydrogen-bond acceptors (Lipinski definition) is 1. The molecule has 0 saturated carbocycles. The van der Waals surface area contributed by atoms with Crippen molar-refractivity contribution in [3.63, 3.8) is 0 Å². The predicted molar refractivity (Wildman–Crippen MR) is 74.7 cm³/mol. The molecule has 1 N–H and O–H groups in total. The van der Waals surface area contributed by atoms with E-state index in [1.54, 1.807) is 0 Å². The Hall–Kier alpha value is -0.300. The highest BCUT2D eigenvalue weighted by atomic mass is 14.9. The average molecular weight is 225 g/mol. The van der Waals surface area contributed by atoms with E-state index >= 15 is 0 Å². The Morgan fingerprint density at radius 3 is 2.12 bits per heavy atom. The van der Waals surface area contributed by atoms with Crippen LogP contribution in [0.2, 0.25) is 0 Å². The minimum Gasteiger partial charge on any atom is -0.316 e. The maximum atomic E-state index is 3.74. The molecule has 0 rings (SSSR count). The zero-order valence-electron chi connectivity index (χ0n) is 11.8. The molecular formula is C15H31N. The second kappa shape index (κ2) is 9.89. The Labute approximate surface area is 103 Å². The second-order valence-electron chi connectivity index (χ2n) is 5.49. The zero-order chi connectivity index (χ0) is 12.4. The summed E-state index contributed by atoms with van der Waals surface area (Å²) in [6.07, 6.45) is 7.11. The smallest absolute Gasteiger partial charge is 0.00156 e. The van der Waals surface area contributed by atoms with Gasteiger partial charge in [-0.15, -0.1) is 6.58 Å². The Bertz CT molecular complexity index is 153. The quantitative estimate of drug-likeness (QED) is 0.433. The summed E-state index contributed by atoms with van der Waals surface area (Å²) in [7, 11) is 0. The summed E-state index contributed by atoms with van der Waals surface area (Å²) < 4.78 is 0. The molecule has 1 nitrogen and oxygen atoms in total. The van der Waals surface area contributed by atoms with Crippen molar-refractivity contribution in [2.24, 2.45) is 17.8 Å². The van der Waals surface area contributed by atoms with Crippen molar-refractivity contribution in [2.45, 2.75) is 53.4 Å². The lowest BCUT2D eigenvalue weighted by Crippen LogP contribution is -2.30. The molecule has 0 aliphatic carbocycles. The van der Waals surface area contributed by atoms with E-state index in [2.05, 4.69) is 39.6 Å². The van der Waals surface area contributed by atoms with Crippen LogP contribution in [0.3, 0.4) is 0 Å². The monoisotopic (exact) mass is 225 g/mol. The summed E-state index contributed by atoms with van der Waals surface area (Å²) in [5.41, 5.74) is 0. The van der Waals surface area contributed by atoms with Gasteiger partial charge < -0.3 is 5.32 Å². The maximum Gasteiger partial charge on any atom is -0.00156 e. The van der Waals surface area contributed by atoms with Crippen LogP contribution in [0.4, 0.5) is 0 Å². The average Bonchev–Trinajstić information content (AvgIpc) is 2.21. The van der Waals surface area contributed by atoms with Gasteiger partial charge in [0, 0.05) is 0 Å². The second-order valence-corrected chi connectivity index (χ2v) is 5.49. The van der Waals surface area contributed by atoms with E-state index in [1.165, 1.54) is 38.8 Å². The van der Waals surface area contributed by atoms with E-state index < -0.39 is 0 Å². The molecule has 0 saturated heterocycles. The molecule has 0 aromatic carbocycles. The van der Waals surface area contributed by atoms with Crippen molar-refractivity contribution < 1.29 is 0 Å². The number of hydrogen-bond donors (Lipinski definition) is 1. The molecule has 0 amide bonds. The molecule has 0 fully saturated rings. The maximum absolute atomic E-state index is 3.74. The Morgan fingerprint density at radius 2 is 1.62 bits per heavy atom. The van der Waals surface area contributed by atoms with Crippen molar-refractivity contribution >= 4 is 0 Å². The van der Waals surface area contributed by atoms with Gasteiger partial charge in [0.2, 0.25) is 0 Å². The first-order valence-electron chi connectivity index (χ1n) is 6.91. The largest absolute Gasteiger partial charge is 0.316 e. The van der Waals surface area contributed by atoms with Crippen LogP contribution >= 0.6 is 0 Å². The molecule has 1 heteroatoms. The van der Waals surface area contributed by atoms with E-state index in [0.29, 0.717) is 0 Å². The van der Waals surface area contributed by atoms with Gasteiger partial charge in [0.15, 0.2) is 0 Å². The van der Waals surface area contributed by atoms with Crippen LogP contribution in [0, 0.1) is 17.8 Å². The molecule has 16 heavy (non-hydrogen) atoms. The lowest BCUT2D eigenvalue weighted by atomic mass is 9.85. The molecule has 0 unspecified atom stereocenters. The van der Waals surface area contributed by atoms with Crippen molar-refractivity contribution in [1.82, 2.24) is 5.32 Å². The van der Waals surface area contributed by atoms with Crippen LogP contribution in [-0.4, -0.2) is 13.1 Å². The summed E-state index contributed by atoms with van der Waals surface area (Å²) in [5.74, 6) is 2.38. The van der Waals surface area contributed by atoms with Crippen LogP contribution in [-0.2, 0) is 0 Å². The van der Waals surface area contributed by atoms with Gasteiger partial charge in [0.25, 0.3) is 0 Å². The van der Waals surface area contributed by atoms with Crippen molar-refractivity contribution in [3.05, 3.63) is 12.7 Å². The fourth-order valence-corrected chi connectivity index (χ4v) is 2.23. The van der Waals surface area contributed by atoms with Gasteiger partial charge >= 0.3 is 0 Å². The molecule has 0 aromatic rings. The van der Waals surface area contributed by atoms with E-state index in [9.17, 15) is 0 Å². The van der Waals surface area contributed by atoms with Crippen molar-refractivity contribution in [1.29, 1.82) is 0 Å². The first-order chi connectivity index (χ1) is 7.59. The molecule has 0 spiro atoms. The van der Waals surface area contributed by atoms with Gasteiger partial charge in [-0.1, -0.05) is 40.2 Å². The molecule has 0 heterocycles. The predicted octanol–water partition coefficient (Wildman–Crippen LogP) is 4.25. The van der Waals surface area contributed by atoms with Gasteiger partial charge in [-0.2, -0.15) is 0 Å². The third-order valence-corrected chi connectivity index (χ3v) is 3.35. The molecule has 0 aliphatic heterocycles. The normalized spacial score (nSPS) is 11.7. The SMILES string of the molecule is C=CCCCCCNCC(C(C)C)C(C)C. The molecule has 0 aromatic heterocycles. The number of unbranched alkanes of at least 4 members (excludes halogenated alkanes) is 3. The highest BCUT2D eigenvalue weighted by Crippen LogP contribution is 2.19. The summed E-state index contributed by atoms with van der Waals surface area (Å²) in [6.45, 7) is 15.4. The summed E-state index contributed by atoms with van der Waals surface area (Å²) in [6, 6.07) is 0. The lowest BCUT2D eigenvalue weighted by Gasteiger charge is -2.25. The first-order valence-corrected chi connectivity index (χ1v) is 6.91. The Kier molecular flexibility index (Phi) is 9.71. The topological polar surface area (TPSA) is 12.0 Å². The third kappa shape index (κ3) is 7.92. The third-order valence-electron chi connectivity index (χ3n) is 3.35. The van der Waals surface area contributed by atoms with Crippen molar-refractivity contribution in [2.75, 3.05) is 13.1 Å². The molecule has 0 bridgehead atoms. The minimum absolute atomic E-state index is 0.785. The van der Waals surface area contributed by atoms with Crippen LogP contribution in [0.5, 0.6) is 0 Å². The number of allylic oxidation sites excluding steroid dienone is 1. The van der Waals surface area contributed by atoms with E-state index in [-0.39, 0.29) is 0 Å². The fourth-order valence-electron chi connectivity index (χ4n) is 2.23. The zero-order valence-corrected chi connectivity index (χ0v) is 11.8. The van der Waals surface area contributed by atoms with E-state index in [1.807, 2.05) is 6.08 Å². The number of nitrogens with one attached hydrogen (secondary N) is 1. The van der Waals surface area contributed by atoms with E-state index in [0.717, 1.165) is 17.8 Å². The molecular weight excluding hydrogens is 194 g/mol. The standard InChI is InChI=1S/C15H31N/c1-6-7-8-9-10-11-16-12-15(13(2)3)14(4)5/h6,13-16H,1,7-12H2,2-5H3. The summed E-state index contributed by atoms with van der Waals surface area (Å²) >= 11 is 0. The van der Waals surface area contributed by atoms with Gasteiger partial charge in [-0.3, -0.25) is 0 Å². The van der Waals surface area contributed by atoms with Gasteiger partial charge in [0.1, 0.15) is 0 Å². The van der Waals surface area contributed by atoms with Crippen molar-refractivity contribution in [3.8, 4) is 0 Å².